The lowest BCUT2D eigenvalue weighted by Crippen LogP contribution is -2.19. The standard InChI is InChI=1S/C16H14N2O3S/c1-12(16-11-13-7-5-6-10-15(13)21-16)17-18-22(19,20)14-8-3-2-4-9-14/h2-11,18H,1H3. The van der Waals surface area contributed by atoms with Crippen molar-refractivity contribution in [3.8, 4) is 0 Å². The fourth-order valence-electron chi connectivity index (χ4n) is 2.00. The summed E-state index contributed by atoms with van der Waals surface area (Å²) in [4.78, 5) is 2.38. The van der Waals surface area contributed by atoms with E-state index in [-0.39, 0.29) is 4.90 Å². The van der Waals surface area contributed by atoms with Crippen LogP contribution in [-0.4, -0.2) is 14.1 Å². The van der Waals surface area contributed by atoms with Crippen LogP contribution in [-0.2, 0) is 10.0 Å². The SMILES string of the molecule is CC(=NNS(=O)(=O)c1ccccc1)c1cc2ccccc2o1. The number of nitrogens with zero attached hydrogens (tertiary/aromatic N) is 1. The van der Waals surface area contributed by atoms with Crippen LogP contribution in [0.1, 0.15) is 12.7 Å². The highest BCUT2D eigenvalue weighted by atomic mass is 32.2. The maximum atomic E-state index is 12.1. The first-order valence-electron chi connectivity index (χ1n) is 6.66. The summed E-state index contributed by atoms with van der Waals surface area (Å²) in [7, 11) is -3.67. The molecule has 0 radical (unpaired) electrons. The highest BCUT2D eigenvalue weighted by molar-refractivity contribution is 7.89. The minimum Gasteiger partial charge on any atom is -0.455 e. The summed E-state index contributed by atoms with van der Waals surface area (Å²) >= 11 is 0. The first-order valence-corrected chi connectivity index (χ1v) is 8.15. The third kappa shape index (κ3) is 2.87. The Labute approximate surface area is 128 Å². The molecular formula is C16H14N2O3S. The van der Waals surface area contributed by atoms with Gasteiger partial charge >= 0.3 is 0 Å². The third-order valence-corrected chi connectivity index (χ3v) is 4.39. The smallest absolute Gasteiger partial charge is 0.276 e. The maximum absolute atomic E-state index is 12.1. The van der Waals surface area contributed by atoms with Crippen molar-refractivity contribution in [2.45, 2.75) is 11.8 Å². The van der Waals surface area contributed by atoms with Gasteiger partial charge in [0, 0.05) is 5.39 Å². The summed E-state index contributed by atoms with van der Waals surface area (Å²) in [6, 6.07) is 17.5. The Bertz CT molecular complexity index is 895. The van der Waals surface area contributed by atoms with Crippen LogP contribution in [0.3, 0.4) is 0 Å². The van der Waals surface area contributed by atoms with Gasteiger partial charge in [-0.2, -0.15) is 18.4 Å². The molecule has 2 aromatic carbocycles. The van der Waals surface area contributed by atoms with Crippen molar-refractivity contribution in [1.82, 2.24) is 4.83 Å². The molecule has 1 N–H and O–H groups in total. The summed E-state index contributed by atoms with van der Waals surface area (Å²) in [5.74, 6) is 0.525. The van der Waals surface area contributed by atoms with Gasteiger partial charge in [0.15, 0.2) is 5.76 Å². The average molecular weight is 314 g/mol. The van der Waals surface area contributed by atoms with E-state index in [0.29, 0.717) is 11.5 Å². The van der Waals surface area contributed by atoms with Crippen molar-refractivity contribution in [1.29, 1.82) is 0 Å². The summed E-state index contributed by atoms with van der Waals surface area (Å²) in [5, 5.41) is 4.87. The Kier molecular flexibility index (Phi) is 3.68. The number of hydrogen-bond donors (Lipinski definition) is 1. The summed E-state index contributed by atoms with van der Waals surface area (Å²) in [6.45, 7) is 1.69. The highest BCUT2D eigenvalue weighted by Gasteiger charge is 2.13. The van der Waals surface area contributed by atoms with Crippen LogP contribution in [0.2, 0.25) is 0 Å². The van der Waals surface area contributed by atoms with Gasteiger partial charge in [-0.25, -0.2) is 0 Å². The zero-order valence-electron chi connectivity index (χ0n) is 11.9. The first kappa shape index (κ1) is 14.3. The Hall–Kier alpha value is -2.60. The van der Waals surface area contributed by atoms with Crippen molar-refractivity contribution in [2.75, 3.05) is 0 Å². The molecule has 0 spiro atoms. The second kappa shape index (κ2) is 5.65. The number of fused-ring (bicyclic) bond motifs is 1. The molecule has 1 aromatic heterocycles. The van der Waals surface area contributed by atoms with Crippen molar-refractivity contribution in [3.05, 3.63) is 66.4 Å². The van der Waals surface area contributed by atoms with Gasteiger partial charge in [-0.15, -0.1) is 0 Å². The van der Waals surface area contributed by atoms with E-state index < -0.39 is 10.0 Å². The molecule has 0 amide bonds. The topological polar surface area (TPSA) is 71.7 Å². The Balaban J connectivity index is 1.86. The van der Waals surface area contributed by atoms with Gasteiger partial charge in [-0.3, -0.25) is 0 Å². The number of sulfonamides is 1. The number of rotatable bonds is 4. The fraction of sp³-hybridized carbons (Fsp3) is 0.0625. The van der Waals surface area contributed by atoms with Crippen molar-refractivity contribution >= 4 is 26.7 Å². The van der Waals surface area contributed by atoms with Crippen LogP contribution in [0.25, 0.3) is 11.0 Å². The number of hydrogen-bond acceptors (Lipinski definition) is 4. The largest absolute Gasteiger partial charge is 0.455 e. The van der Waals surface area contributed by atoms with Gasteiger partial charge in [0.1, 0.15) is 11.3 Å². The zero-order chi connectivity index (χ0) is 15.6. The molecule has 0 unspecified atom stereocenters. The van der Waals surface area contributed by atoms with E-state index in [0.717, 1.165) is 11.0 Å². The highest BCUT2D eigenvalue weighted by Crippen LogP contribution is 2.19. The molecule has 5 nitrogen and oxygen atoms in total. The Morgan fingerprint density at radius 3 is 2.45 bits per heavy atom. The van der Waals surface area contributed by atoms with Crippen LogP contribution in [0, 0.1) is 0 Å². The van der Waals surface area contributed by atoms with Gasteiger partial charge in [0.05, 0.1) is 4.90 Å². The van der Waals surface area contributed by atoms with Gasteiger partial charge in [0.2, 0.25) is 0 Å². The second-order valence-corrected chi connectivity index (χ2v) is 6.41. The van der Waals surface area contributed by atoms with E-state index in [1.54, 1.807) is 25.1 Å². The predicted octanol–water partition coefficient (Wildman–Crippen LogP) is 3.14. The van der Waals surface area contributed by atoms with Crippen molar-refractivity contribution in [2.24, 2.45) is 5.10 Å². The number of furan rings is 1. The molecule has 0 aliphatic rings. The van der Waals surface area contributed by atoms with Crippen LogP contribution >= 0.6 is 0 Å². The van der Waals surface area contributed by atoms with Crippen LogP contribution < -0.4 is 4.83 Å². The molecule has 22 heavy (non-hydrogen) atoms. The van der Waals surface area contributed by atoms with Crippen molar-refractivity contribution < 1.29 is 12.8 Å². The van der Waals surface area contributed by atoms with E-state index in [1.165, 1.54) is 12.1 Å². The molecule has 0 aliphatic heterocycles. The molecule has 6 heteroatoms. The molecule has 3 aromatic rings. The summed E-state index contributed by atoms with van der Waals surface area (Å²) in [6.07, 6.45) is 0. The molecule has 0 bridgehead atoms. The van der Waals surface area contributed by atoms with Crippen molar-refractivity contribution in [3.63, 3.8) is 0 Å². The molecule has 0 saturated carbocycles. The Morgan fingerprint density at radius 2 is 1.73 bits per heavy atom. The van der Waals surface area contributed by atoms with Gasteiger partial charge in [-0.05, 0) is 31.2 Å². The normalized spacial score (nSPS) is 12.5. The van der Waals surface area contributed by atoms with E-state index in [4.69, 9.17) is 4.42 Å². The van der Waals surface area contributed by atoms with Gasteiger partial charge < -0.3 is 4.42 Å². The van der Waals surface area contributed by atoms with E-state index in [2.05, 4.69) is 9.93 Å². The molecule has 0 atom stereocenters. The monoisotopic (exact) mass is 314 g/mol. The minimum atomic E-state index is -3.67. The lowest BCUT2D eigenvalue weighted by atomic mass is 10.2. The number of benzene rings is 2. The molecule has 3 rings (SSSR count). The lowest BCUT2D eigenvalue weighted by molar-refractivity contribution is 0.583. The molecule has 112 valence electrons. The second-order valence-electron chi connectivity index (χ2n) is 4.75. The van der Waals surface area contributed by atoms with E-state index >= 15 is 0 Å². The number of nitrogens with one attached hydrogen (secondary N) is 1. The molecule has 0 saturated heterocycles. The summed E-state index contributed by atoms with van der Waals surface area (Å²) < 4.78 is 29.8. The molecular weight excluding hydrogens is 300 g/mol. The molecule has 0 aliphatic carbocycles. The quantitative estimate of drug-likeness (QED) is 0.594. The van der Waals surface area contributed by atoms with E-state index in [1.807, 2.05) is 30.3 Å². The van der Waals surface area contributed by atoms with E-state index in [9.17, 15) is 8.42 Å². The predicted molar refractivity (Wildman–Crippen MR) is 85.2 cm³/mol. The molecule has 0 fully saturated rings. The third-order valence-electron chi connectivity index (χ3n) is 3.17. The van der Waals surface area contributed by atoms with Crippen LogP contribution in [0.15, 0.2) is 75.1 Å². The van der Waals surface area contributed by atoms with Crippen LogP contribution in [0.4, 0.5) is 0 Å². The average Bonchev–Trinajstić information content (AvgIpc) is 2.98. The fourth-order valence-corrected chi connectivity index (χ4v) is 2.87. The lowest BCUT2D eigenvalue weighted by Gasteiger charge is -2.03. The van der Waals surface area contributed by atoms with Gasteiger partial charge in [-0.1, -0.05) is 36.4 Å². The summed E-state index contributed by atoms with van der Waals surface area (Å²) in [5.41, 5.74) is 1.19. The van der Waals surface area contributed by atoms with Crippen LogP contribution in [0.5, 0.6) is 0 Å². The number of para-hydroxylation sites is 1. The van der Waals surface area contributed by atoms with Gasteiger partial charge in [0.25, 0.3) is 10.0 Å². The zero-order valence-corrected chi connectivity index (χ0v) is 12.7. The Morgan fingerprint density at radius 1 is 1.05 bits per heavy atom. The first-order chi connectivity index (χ1) is 10.6. The minimum absolute atomic E-state index is 0.163. The maximum Gasteiger partial charge on any atom is 0.276 e. The number of hydrazone groups is 1. The molecule has 1 heterocycles.